The average Bonchev–Trinajstić information content (AvgIpc) is 2.96. The predicted molar refractivity (Wildman–Crippen MR) is 88.2 cm³/mol. The number of benzene rings is 1. The van der Waals surface area contributed by atoms with E-state index < -0.39 is 0 Å². The van der Waals surface area contributed by atoms with Gasteiger partial charge in [-0.1, -0.05) is 12.1 Å². The first-order chi connectivity index (χ1) is 10.7. The van der Waals surface area contributed by atoms with Crippen molar-refractivity contribution in [3.63, 3.8) is 0 Å². The number of likely N-dealkylation sites (tertiary alicyclic amines) is 1. The molecule has 1 aliphatic rings. The fraction of sp³-hybridized carbons (Fsp3) is 0.500. The Bertz CT molecular complexity index is 635. The Morgan fingerprint density at radius 3 is 2.91 bits per heavy atom. The number of hydrogen-bond acceptors (Lipinski definition) is 3. The molecule has 2 aromatic rings. The highest BCUT2D eigenvalue weighted by atomic mass is 16.5. The Balaban J connectivity index is 1.73. The van der Waals surface area contributed by atoms with E-state index in [0.29, 0.717) is 5.92 Å². The van der Waals surface area contributed by atoms with Crippen molar-refractivity contribution in [1.82, 2.24) is 14.7 Å². The lowest BCUT2D eigenvalue weighted by Gasteiger charge is -2.32. The molecule has 0 aliphatic carbocycles. The highest BCUT2D eigenvalue weighted by molar-refractivity contribution is 5.39. The lowest BCUT2D eigenvalue weighted by atomic mass is 9.94. The summed E-state index contributed by atoms with van der Waals surface area (Å²) in [7, 11) is 3.74. The third-order valence-corrected chi connectivity index (χ3v) is 4.63. The van der Waals surface area contributed by atoms with Crippen LogP contribution in [0.15, 0.2) is 30.5 Å². The molecule has 1 unspecified atom stereocenters. The van der Waals surface area contributed by atoms with Gasteiger partial charge in [-0.05, 0) is 44.0 Å². The van der Waals surface area contributed by atoms with Crippen molar-refractivity contribution in [2.75, 3.05) is 20.2 Å². The standard InChI is InChI=1S/C18H25N3O/c1-14-6-4-8-18(22-3)16(14)13-21-10-5-7-15(12-21)17-9-11-20(2)19-17/h4,6,8-9,11,15H,5,7,10,12-13H2,1-3H3. The van der Waals surface area contributed by atoms with E-state index in [2.05, 4.69) is 41.2 Å². The quantitative estimate of drug-likeness (QED) is 0.869. The number of piperidine rings is 1. The van der Waals surface area contributed by atoms with Gasteiger partial charge in [0.05, 0.1) is 12.8 Å². The van der Waals surface area contributed by atoms with E-state index in [9.17, 15) is 0 Å². The summed E-state index contributed by atoms with van der Waals surface area (Å²) in [4.78, 5) is 2.54. The first-order valence-corrected chi connectivity index (χ1v) is 8.01. The summed E-state index contributed by atoms with van der Waals surface area (Å²) < 4.78 is 7.44. The zero-order chi connectivity index (χ0) is 15.5. The van der Waals surface area contributed by atoms with Gasteiger partial charge in [-0.25, -0.2) is 0 Å². The summed E-state index contributed by atoms with van der Waals surface area (Å²) in [6.07, 6.45) is 4.51. The smallest absolute Gasteiger partial charge is 0.123 e. The lowest BCUT2D eigenvalue weighted by Crippen LogP contribution is -2.34. The molecule has 1 saturated heterocycles. The summed E-state index contributed by atoms with van der Waals surface area (Å²) in [5, 5.41) is 4.59. The van der Waals surface area contributed by atoms with Crippen molar-refractivity contribution in [1.29, 1.82) is 0 Å². The molecule has 4 heteroatoms. The Morgan fingerprint density at radius 2 is 2.18 bits per heavy atom. The fourth-order valence-electron chi connectivity index (χ4n) is 3.38. The van der Waals surface area contributed by atoms with Gasteiger partial charge in [-0.15, -0.1) is 0 Å². The molecule has 1 aromatic carbocycles. The van der Waals surface area contributed by atoms with Crippen molar-refractivity contribution >= 4 is 0 Å². The zero-order valence-electron chi connectivity index (χ0n) is 13.7. The van der Waals surface area contributed by atoms with Gasteiger partial charge in [0.2, 0.25) is 0 Å². The number of aromatic nitrogens is 2. The van der Waals surface area contributed by atoms with E-state index in [-0.39, 0.29) is 0 Å². The van der Waals surface area contributed by atoms with E-state index in [1.807, 2.05) is 17.9 Å². The van der Waals surface area contributed by atoms with Crippen molar-refractivity contribution in [3.8, 4) is 5.75 Å². The Hall–Kier alpha value is -1.81. The van der Waals surface area contributed by atoms with Gasteiger partial charge in [0.1, 0.15) is 5.75 Å². The van der Waals surface area contributed by atoms with Crippen LogP contribution in [0.1, 0.15) is 35.6 Å². The Morgan fingerprint density at radius 1 is 1.32 bits per heavy atom. The second-order valence-electron chi connectivity index (χ2n) is 6.24. The van der Waals surface area contributed by atoms with E-state index >= 15 is 0 Å². The van der Waals surface area contributed by atoms with E-state index in [4.69, 9.17) is 4.74 Å². The van der Waals surface area contributed by atoms with Crippen LogP contribution in [0.5, 0.6) is 5.75 Å². The van der Waals surface area contributed by atoms with Crippen LogP contribution in [0.3, 0.4) is 0 Å². The van der Waals surface area contributed by atoms with Crippen LogP contribution in [-0.2, 0) is 13.6 Å². The summed E-state index contributed by atoms with van der Waals surface area (Å²) in [5.74, 6) is 1.55. The number of nitrogens with zero attached hydrogens (tertiary/aromatic N) is 3. The van der Waals surface area contributed by atoms with Gasteiger partial charge >= 0.3 is 0 Å². The molecule has 2 heterocycles. The average molecular weight is 299 g/mol. The van der Waals surface area contributed by atoms with Crippen LogP contribution in [0.25, 0.3) is 0 Å². The van der Waals surface area contributed by atoms with Crippen LogP contribution in [-0.4, -0.2) is 34.9 Å². The minimum absolute atomic E-state index is 0.546. The summed E-state index contributed by atoms with van der Waals surface area (Å²) >= 11 is 0. The van der Waals surface area contributed by atoms with Crippen molar-refractivity contribution in [2.24, 2.45) is 7.05 Å². The third kappa shape index (κ3) is 3.17. The highest BCUT2D eigenvalue weighted by Crippen LogP contribution is 2.29. The van der Waals surface area contributed by atoms with Crippen molar-refractivity contribution in [3.05, 3.63) is 47.3 Å². The monoisotopic (exact) mass is 299 g/mol. The Labute approximate surface area is 132 Å². The molecular weight excluding hydrogens is 274 g/mol. The number of methoxy groups -OCH3 is 1. The lowest BCUT2D eigenvalue weighted by molar-refractivity contribution is 0.195. The zero-order valence-corrected chi connectivity index (χ0v) is 13.7. The van der Waals surface area contributed by atoms with Gasteiger partial charge in [0.25, 0.3) is 0 Å². The van der Waals surface area contributed by atoms with Gasteiger partial charge in [-0.2, -0.15) is 5.10 Å². The largest absolute Gasteiger partial charge is 0.496 e. The van der Waals surface area contributed by atoms with E-state index in [1.165, 1.54) is 29.7 Å². The van der Waals surface area contributed by atoms with Crippen LogP contribution in [0, 0.1) is 6.92 Å². The molecule has 1 aliphatic heterocycles. The maximum absolute atomic E-state index is 5.54. The molecule has 118 valence electrons. The molecule has 0 radical (unpaired) electrons. The summed E-state index contributed by atoms with van der Waals surface area (Å²) in [6.45, 7) is 5.35. The van der Waals surface area contributed by atoms with Crippen LogP contribution in [0.4, 0.5) is 0 Å². The molecular formula is C18H25N3O. The fourth-order valence-corrected chi connectivity index (χ4v) is 3.38. The first-order valence-electron chi connectivity index (χ1n) is 8.01. The molecule has 3 rings (SSSR count). The van der Waals surface area contributed by atoms with Gasteiger partial charge in [-0.3, -0.25) is 9.58 Å². The maximum Gasteiger partial charge on any atom is 0.123 e. The van der Waals surface area contributed by atoms with Crippen molar-refractivity contribution in [2.45, 2.75) is 32.2 Å². The molecule has 4 nitrogen and oxygen atoms in total. The van der Waals surface area contributed by atoms with Gasteiger partial charge in [0.15, 0.2) is 0 Å². The number of rotatable bonds is 4. The molecule has 0 amide bonds. The molecule has 0 bridgehead atoms. The molecule has 0 saturated carbocycles. The number of ether oxygens (including phenoxy) is 1. The minimum Gasteiger partial charge on any atom is -0.496 e. The first kappa shape index (κ1) is 15.1. The maximum atomic E-state index is 5.54. The number of hydrogen-bond donors (Lipinski definition) is 0. The van der Waals surface area contributed by atoms with Crippen LogP contribution >= 0.6 is 0 Å². The Kier molecular flexibility index (Phi) is 4.48. The van der Waals surface area contributed by atoms with Crippen LogP contribution < -0.4 is 4.74 Å². The van der Waals surface area contributed by atoms with Crippen molar-refractivity contribution < 1.29 is 4.74 Å². The van der Waals surface area contributed by atoms with E-state index in [0.717, 1.165) is 25.4 Å². The van der Waals surface area contributed by atoms with E-state index in [1.54, 1.807) is 7.11 Å². The molecule has 22 heavy (non-hydrogen) atoms. The molecule has 1 fully saturated rings. The second-order valence-corrected chi connectivity index (χ2v) is 6.24. The molecule has 0 spiro atoms. The highest BCUT2D eigenvalue weighted by Gasteiger charge is 2.24. The third-order valence-electron chi connectivity index (χ3n) is 4.63. The molecule has 1 atom stereocenters. The molecule has 1 aromatic heterocycles. The second kappa shape index (κ2) is 6.53. The predicted octanol–water partition coefficient (Wildman–Crippen LogP) is 3.12. The normalized spacial score (nSPS) is 19.3. The van der Waals surface area contributed by atoms with Crippen LogP contribution in [0.2, 0.25) is 0 Å². The molecule has 0 N–H and O–H groups in total. The SMILES string of the molecule is COc1cccc(C)c1CN1CCCC(c2ccn(C)n2)C1. The summed E-state index contributed by atoms with van der Waals surface area (Å²) in [5.41, 5.74) is 3.84. The topological polar surface area (TPSA) is 30.3 Å². The van der Waals surface area contributed by atoms with Gasteiger partial charge in [0, 0.05) is 37.8 Å². The minimum atomic E-state index is 0.546. The number of aryl methyl sites for hydroxylation is 2. The summed E-state index contributed by atoms with van der Waals surface area (Å²) in [6, 6.07) is 8.44. The van der Waals surface area contributed by atoms with Gasteiger partial charge < -0.3 is 4.74 Å².